The molecule has 0 unspecified atom stereocenters. The molecule has 1 aliphatic rings. The van der Waals surface area contributed by atoms with Gasteiger partial charge in [-0.05, 0) is 42.2 Å². The highest BCUT2D eigenvalue weighted by molar-refractivity contribution is 6.22. The molecular weight excluding hydrogens is 564 g/mol. The number of nitrogen functional groups attached to an aromatic ring is 1. The van der Waals surface area contributed by atoms with Crippen LogP contribution in [0.25, 0.3) is 0 Å². The second kappa shape index (κ2) is 14.1. The van der Waals surface area contributed by atoms with Crippen molar-refractivity contribution in [3.8, 4) is 17.2 Å². The molecule has 230 valence electrons. The van der Waals surface area contributed by atoms with Gasteiger partial charge in [0.05, 0.1) is 27.8 Å². The number of likely N-dealkylation sites (tertiary alicyclic amines) is 1. The lowest BCUT2D eigenvalue weighted by Gasteiger charge is -2.37. The van der Waals surface area contributed by atoms with Crippen LogP contribution in [0.1, 0.15) is 36.1 Å². The lowest BCUT2D eigenvalue weighted by molar-refractivity contribution is -0.152. The fourth-order valence-electron chi connectivity index (χ4n) is 5.00. The van der Waals surface area contributed by atoms with E-state index in [2.05, 4.69) is 15.3 Å². The minimum atomic E-state index is -1.75. The van der Waals surface area contributed by atoms with Crippen LogP contribution < -0.4 is 25.3 Å². The Bertz CT molecular complexity index is 1390. The molecule has 1 aromatic heterocycles. The molecule has 6 N–H and O–H groups in total. The van der Waals surface area contributed by atoms with Crippen LogP contribution in [-0.2, 0) is 32.1 Å². The van der Waals surface area contributed by atoms with Crippen LogP contribution in [-0.4, -0.2) is 95.4 Å². The maximum Gasteiger partial charge on any atom is 0.346 e. The number of carboxylic acids is 2. The second-order valence-corrected chi connectivity index (χ2v) is 9.71. The SMILES string of the molecule is COc1cc(C[C@H](N=CC(=O)O)C(=O)N2CCC[C@@]2(CC(=O)O)C(=O)NCc2ccc(C(=N)N)nc2)cc(OC)c1OC. The first-order chi connectivity index (χ1) is 20.4. The Morgan fingerprint density at radius 2 is 1.81 bits per heavy atom. The fraction of sp³-hybridized carbons (Fsp3) is 0.393. The van der Waals surface area contributed by atoms with Gasteiger partial charge in [-0.1, -0.05) is 6.07 Å². The van der Waals surface area contributed by atoms with Crippen LogP contribution in [0.2, 0.25) is 0 Å². The smallest absolute Gasteiger partial charge is 0.346 e. The van der Waals surface area contributed by atoms with Gasteiger partial charge in [0.2, 0.25) is 17.6 Å². The van der Waals surface area contributed by atoms with Crippen molar-refractivity contribution < 1.29 is 43.6 Å². The van der Waals surface area contributed by atoms with Gasteiger partial charge < -0.3 is 40.4 Å². The number of aliphatic imine (C=N–C) groups is 1. The number of hydrogen-bond donors (Lipinski definition) is 5. The molecule has 1 aliphatic heterocycles. The average Bonchev–Trinajstić information content (AvgIpc) is 3.40. The van der Waals surface area contributed by atoms with Crippen LogP contribution in [0.3, 0.4) is 0 Å². The van der Waals surface area contributed by atoms with Gasteiger partial charge in [-0.3, -0.25) is 29.8 Å². The highest BCUT2D eigenvalue weighted by Gasteiger charge is 2.52. The Kier molecular flexibility index (Phi) is 10.6. The monoisotopic (exact) mass is 598 g/mol. The third-order valence-electron chi connectivity index (χ3n) is 6.98. The van der Waals surface area contributed by atoms with Crippen LogP contribution in [0.15, 0.2) is 35.5 Å². The number of amides is 2. The van der Waals surface area contributed by atoms with E-state index in [1.165, 1.54) is 38.5 Å². The number of pyridine rings is 1. The number of carboxylic acid groups (broad SMARTS) is 2. The van der Waals surface area contributed by atoms with Crippen LogP contribution in [0, 0.1) is 5.41 Å². The predicted molar refractivity (Wildman–Crippen MR) is 153 cm³/mol. The van der Waals surface area contributed by atoms with Crippen molar-refractivity contribution in [1.82, 2.24) is 15.2 Å². The van der Waals surface area contributed by atoms with Crippen LogP contribution in [0.4, 0.5) is 0 Å². The van der Waals surface area contributed by atoms with Gasteiger partial charge in [0.25, 0.3) is 0 Å². The van der Waals surface area contributed by atoms with Gasteiger partial charge >= 0.3 is 11.9 Å². The standard InChI is InChI=1S/C28H34N6O9/c1-41-20-10-17(11-21(42-2)24(20)43-3)9-19(32-15-23(37)38)26(39)34-8-4-7-28(34,12-22(35)36)27(40)33-14-16-5-6-18(25(29)30)31-13-16/h5-6,10-11,13,15,19H,4,7-9,12,14H2,1-3H3,(H3,29,30)(H,33,40)(H,35,36)(H,37,38)/t19-,28+/m0/s1. The molecule has 2 amide bonds. The van der Waals surface area contributed by atoms with Gasteiger partial charge in [0.1, 0.15) is 29.3 Å². The number of carbonyl (C=O) groups excluding carboxylic acids is 2. The van der Waals surface area contributed by atoms with Crippen LogP contribution >= 0.6 is 0 Å². The number of amidine groups is 1. The minimum absolute atomic E-state index is 0.0283. The van der Waals surface area contributed by atoms with E-state index in [-0.39, 0.29) is 37.5 Å². The summed E-state index contributed by atoms with van der Waals surface area (Å²) in [7, 11) is 4.27. The quantitative estimate of drug-likeness (QED) is 0.149. The summed E-state index contributed by atoms with van der Waals surface area (Å²) in [5.41, 5.74) is 4.98. The molecule has 0 radical (unpaired) electrons. The van der Waals surface area contributed by atoms with Crippen molar-refractivity contribution in [2.75, 3.05) is 27.9 Å². The summed E-state index contributed by atoms with van der Waals surface area (Å²) in [6.07, 6.45) is 1.62. The molecule has 2 heterocycles. The molecule has 43 heavy (non-hydrogen) atoms. The number of ether oxygens (including phenoxy) is 3. The topological polar surface area (TPSA) is 227 Å². The van der Waals surface area contributed by atoms with E-state index in [0.29, 0.717) is 41.0 Å². The van der Waals surface area contributed by atoms with Crippen molar-refractivity contribution in [2.45, 2.75) is 43.8 Å². The number of aliphatic carboxylic acids is 2. The van der Waals surface area contributed by atoms with E-state index >= 15 is 0 Å². The molecule has 0 saturated carbocycles. The summed E-state index contributed by atoms with van der Waals surface area (Å²) < 4.78 is 16.1. The highest BCUT2D eigenvalue weighted by atomic mass is 16.5. The summed E-state index contributed by atoms with van der Waals surface area (Å²) >= 11 is 0. The van der Waals surface area contributed by atoms with Gasteiger partial charge in [0.15, 0.2) is 11.5 Å². The molecule has 3 rings (SSSR count). The molecule has 1 fully saturated rings. The predicted octanol–water partition coefficient (Wildman–Crippen LogP) is 0.610. The van der Waals surface area contributed by atoms with E-state index < -0.39 is 41.8 Å². The third-order valence-corrected chi connectivity index (χ3v) is 6.98. The Hall–Kier alpha value is -5.21. The largest absolute Gasteiger partial charge is 0.493 e. The number of rotatable bonds is 14. The van der Waals surface area contributed by atoms with Crippen molar-refractivity contribution in [3.05, 3.63) is 47.3 Å². The van der Waals surface area contributed by atoms with E-state index in [4.69, 9.17) is 25.4 Å². The minimum Gasteiger partial charge on any atom is -0.493 e. The number of methoxy groups -OCH3 is 3. The third kappa shape index (κ3) is 7.55. The number of nitrogens with zero attached hydrogens (tertiary/aromatic N) is 3. The Labute approximate surface area is 247 Å². The number of carbonyl (C=O) groups is 4. The van der Waals surface area contributed by atoms with Gasteiger partial charge in [0, 0.05) is 25.7 Å². The van der Waals surface area contributed by atoms with Gasteiger partial charge in [-0.2, -0.15) is 0 Å². The molecule has 15 nitrogen and oxygen atoms in total. The zero-order chi connectivity index (χ0) is 31.7. The van der Waals surface area contributed by atoms with Crippen molar-refractivity contribution in [3.63, 3.8) is 0 Å². The highest BCUT2D eigenvalue weighted by Crippen LogP contribution is 2.39. The van der Waals surface area contributed by atoms with E-state index in [0.717, 1.165) is 0 Å². The summed E-state index contributed by atoms with van der Waals surface area (Å²) in [6.45, 7) is 0.0300. The first-order valence-electron chi connectivity index (χ1n) is 13.1. The molecule has 0 bridgehead atoms. The molecular formula is C28H34N6O9. The maximum absolute atomic E-state index is 14.0. The lowest BCUT2D eigenvalue weighted by atomic mass is 9.89. The molecule has 15 heteroatoms. The number of benzene rings is 1. The first kappa shape index (κ1) is 32.3. The first-order valence-corrected chi connectivity index (χ1v) is 13.1. The van der Waals surface area contributed by atoms with E-state index in [9.17, 15) is 29.4 Å². The summed E-state index contributed by atoms with van der Waals surface area (Å²) in [6, 6.07) is 4.98. The zero-order valence-electron chi connectivity index (χ0n) is 24.0. The van der Waals surface area contributed by atoms with Crippen LogP contribution in [0.5, 0.6) is 17.2 Å². The second-order valence-electron chi connectivity index (χ2n) is 9.71. The number of hydrogen-bond acceptors (Lipinski definition) is 10. The summed E-state index contributed by atoms with van der Waals surface area (Å²) in [5.74, 6) is -3.39. The average molecular weight is 599 g/mol. The molecule has 2 aromatic rings. The number of nitrogens with two attached hydrogens (primary N) is 1. The molecule has 1 aromatic carbocycles. The fourth-order valence-corrected chi connectivity index (χ4v) is 5.00. The summed E-state index contributed by atoms with van der Waals surface area (Å²) in [5, 5.41) is 29.2. The Morgan fingerprint density at radius 3 is 2.33 bits per heavy atom. The zero-order valence-corrected chi connectivity index (χ0v) is 24.0. The lowest BCUT2D eigenvalue weighted by Crippen LogP contribution is -2.60. The van der Waals surface area contributed by atoms with E-state index in [1.54, 1.807) is 18.2 Å². The number of nitrogens with one attached hydrogen (secondary N) is 2. The maximum atomic E-state index is 14.0. The number of aromatic nitrogens is 1. The molecule has 0 aliphatic carbocycles. The Balaban J connectivity index is 1.94. The van der Waals surface area contributed by atoms with Crippen molar-refractivity contribution >= 4 is 35.8 Å². The van der Waals surface area contributed by atoms with E-state index in [1.807, 2.05) is 0 Å². The normalized spacial score (nSPS) is 16.9. The van der Waals surface area contributed by atoms with Crippen molar-refractivity contribution in [1.29, 1.82) is 5.41 Å². The molecule has 2 atom stereocenters. The molecule has 0 spiro atoms. The van der Waals surface area contributed by atoms with Gasteiger partial charge in [-0.25, -0.2) is 4.79 Å². The molecule has 1 saturated heterocycles. The van der Waals surface area contributed by atoms with Crippen molar-refractivity contribution in [2.24, 2.45) is 10.7 Å². The Morgan fingerprint density at radius 1 is 1.14 bits per heavy atom. The van der Waals surface area contributed by atoms with Gasteiger partial charge in [-0.15, -0.1) is 0 Å². The summed E-state index contributed by atoms with van der Waals surface area (Å²) in [4.78, 5) is 60.2.